The number of carboxylic acids is 1. The van der Waals surface area contributed by atoms with Gasteiger partial charge in [-0.3, -0.25) is 33.4 Å². The van der Waals surface area contributed by atoms with Crippen molar-refractivity contribution >= 4 is 37.2 Å². The van der Waals surface area contributed by atoms with Gasteiger partial charge in [0.2, 0.25) is 23.6 Å². The number of fused-ring (bicyclic) bond motifs is 5. The van der Waals surface area contributed by atoms with Crippen LogP contribution in [0.25, 0.3) is 0 Å². The van der Waals surface area contributed by atoms with E-state index >= 15 is 0 Å². The fourth-order valence-corrected chi connectivity index (χ4v) is 6.27. The molecule has 0 aliphatic carbocycles. The first kappa shape index (κ1) is 33.8. The number of carbonyl (C=O) groups is 5. The van der Waals surface area contributed by atoms with Gasteiger partial charge in [0.05, 0.1) is 62.6 Å². The van der Waals surface area contributed by atoms with Crippen LogP contribution >= 0.6 is 7.59 Å². The van der Waals surface area contributed by atoms with Crippen molar-refractivity contribution in [2.75, 3.05) is 52.5 Å². The van der Waals surface area contributed by atoms with Crippen molar-refractivity contribution in [3.63, 3.8) is 0 Å². The summed E-state index contributed by atoms with van der Waals surface area (Å²) in [5.74, 6) is -4.35. The van der Waals surface area contributed by atoms with Crippen molar-refractivity contribution in [1.29, 1.82) is 0 Å². The number of carbonyl (C=O) groups excluding carboxylic acids is 4. The molecule has 3 aliphatic rings. The summed E-state index contributed by atoms with van der Waals surface area (Å²) in [4.78, 5) is 61.4. The Labute approximate surface area is 244 Å². The van der Waals surface area contributed by atoms with Crippen molar-refractivity contribution in [2.45, 2.75) is 51.6 Å². The lowest BCUT2D eigenvalue weighted by atomic mass is 9.85. The molecule has 6 N–H and O–H groups in total. The first-order valence-corrected chi connectivity index (χ1v) is 15.7. The lowest BCUT2D eigenvalue weighted by Crippen LogP contribution is -2.45. The first-order valence-electron chi connectivity index (χ1n) is 14.0. The third-order valence-corrected chi connectivity index (χ3v) is 8.82. The van der Waals surface area contributed by atoms with Crippen LogP contribution < -0.4 is 25.9 Å². The molecule has 16 nitrogen and oxygen atoms in total. The number of aliphatic carboxylic acids is 1. The number of nitrogens with zero attached hydrogens (tertiary/aromatic N) is 1. The Morgan fingerprint density at radius 3 is 2.14 bits per heavy atom. The highest BCUT2D eigenvalue weighted by molar-refractivity contribution is 7.57. The highest BCUT2D eigenvalue weighted by Gasteiger charge is 2.60. The summed E-state index contributed by atoms with van der Waals surface area (Å²) in [6, 6.07) is 0. The predicted octanol–water partition coefficient (Wildman–Crippen LogP) is -1.66. The molecule has 236 valence electrons. The van der Waals surface area contributed by atoms with E-state index in [1.807, 2.05) is 20.8 Å². The van der Waals surface area contributed by atoms with Crippen molar-refractivity contribution in [2.24, 2.45) is 11.8 Å². The van der Waals surface area contributed by atoms with Crippen LogP contribution in [-0.2, 0) is 42.7 Å². The highest BCUT2D eigenvalue weighted by atomic mass is 31.2. The lowest BCUT2D eigenvalue weighted by Gasteiger charge is -2.24. The Kier molecular flexibility index (Phi) is 12.6. The van der Waals surface area contributed by atoms with Crippen LogP contribution in [0.2, 0.25) is 0 Å². The monoisotopic (exact) mass is 616 g/mol. The van der Waals surface area contributed by atoms with E-state index in [4.69, 9.17) is 19.3 Å². The maximum Gasteiger partial charge on any atom is 0.322 e. The summed E-state index contributed by atoms with van der Waals surface area (Å²) in [7, 11) is -3.66. The molecule has 2 fully saturated rings. The lowest BCUT2D eigenvalue weighted by molar-refractivity contribution is -0.142. The SMILES string of the molecule is CCC(COC(C)C)OCCNP(=O)(NCCN1C(=O)C2C3C=CC(O3)C2C1=O)NCC(=O)NCC(=O)NCC(=O)O. The summed E-state index contributed by atoms with van der Waals surface area (Å²) >= 11 is 0. The number of nitrogens with one attached hydrogen (secondary N) is 5. The molecule has 3 heterocycles. The van der Waals surface area contributed by atoms with Gasteiger partial charge in [0.1, 0.15) is 6.54 Å². The molecule has 6 atom stereocenters. The molecule has 6 unspecified atom stereocenters. The Bertz CT molecular complexity index is 1060. The van der Waals surface area contributed by atoms with E-state index in [1.165, 1.54) is 0 Å². The van der Waals surface area contributed by atoms with Crippen LogP contribution in [0.5, 0.6) is 0 Å². The van der Waals surface area contributed by atoms with Gasteiger partial charge in [-0.05, 0) is 20.3 Å². The molecule has 0 saturated carbocycles. The average molecular weight is 617 g/mol. The second-order valence-corrected chi connectivity index (χ2v) is 12.5. The minimum Gasteiger partial charge on any atom is -0.480 e. The zero-order valence-electron chi connectivity index (χ0n) is 24.0. The number of imide groups is 1. The van der Waals surface area contributed by atoms with Gasteiger partial charge in [-0.25, -0.2) is 15.3 Å². The fraction of sp³-hybridized carbons (Fsp3) is 0.720. The summed E-state index contributed by atoms with van der Waals surface area (Å²) in [6.07, 6.45) is 3.37. The van der Waals surface area contributed by atoms with E-state index in [2.05, 4.69) is 25.9 Å². The maximum atomic E-state index is 13.7. The molecule has 3 aliphatic heterocycles. The Balaban J connectivity index is 1.51. The molecule has 3 rings (SSSR count). The van der Waals surface area contributed by atoms with Crippen LogP contribution in [0.4, 0.5) is 0 Å². The largest absolute Gasteiger partial charge is 0.480 e. The third-order valence-electron chi connectivity index (χ3n) is 6.88. The first-order chi connectivity index (χ1) is 19.9. The topological polar surface area (TPSA) is 214 Å². The smallest absolute Gasteiger partial charge is 0.322 e. The molecule has 2 bridgehead atoms. The van der Waals surface area contributed by atoms with Gasteiger partial charge in [-0.2, -0.15) is 0 Å². The highest BCUT2D eigenvalue weighted by Crippen LogP contribution is 2.45. The molecule has 0 spiro atoms. The quantitative estimate of drug-likeness (QED) is 0.0392. The molecule has 0 aromatic rings. The standard InChI is InChI=1S/C25H41N6O10P/c1-4-16(14-40-15(2)3)39-10-8-29-42(38,30-12-20(33)26-11-19(32)27-13-21(34)35)28-7-9-31-24(36)22-17-5-6-18(41-17)23(22)25(31)37/h5-6,15-18,22-23H,4,7-14H2,1-3H3,(H,26,33)(H,27,32)(H,34,35)(H3,28,29,30,38). The number of carboxylic acid groups (broad SMARTS) is 1. The zero-order valence-corrected chi connectivity index (χ0v) is 24.9. The predicted molar refractivity (Wildman–Crippen MR) is 148 cm³/mol. The van der Waals surface area contributed by atoms with Gasteiger partial charge >= 0.3 is 5.97 Å². The van der Waals surface area contributed by atoms with Crippen LogP contribution in [-0.4, -0.2) is 117 Å². The molecule has 2 saturated heterocycles. The Morgan fingerprint density at radius 1 is 0.952 bits per heavy atom. The van der Waals surface area contributed by atoms with E-state index in [0.29, 0.717) is 13.0 Å². The summed E-state index contributed by atoms with van der Waals surface area (Å²) in [6.45, 7) is 4.95. The number of likely N-dealkylation sites (tertiary alicyclic amines) is 1. The van der Waals surface area contributed by atoms with Crippen LogP contribution in [0.3, 0.4) is 0 Å². The van der Waals surface area contributed by atoms with Gasteiger partial charge in [-0.1, -0.05) is 19.1 Å². The van der Waals surface area contributed by atoms with E-state index in [-0.39, 0.29) is 50.3 Å². The minimum absolute atomic E-state index is 0.0301. The molecule has 17 heteroatoms. The van der Waals surface area contributed by atoms with Crippen LogP contribution in [0.1, 0.15) is 27.2 Å². The van der Waals surface area contributed by atoms with Gasteiger partial charge in [-0.15, -0.1) is 0 Å². The number of hydrogen-bond donors (Lipinski definition) is 6. The number of ether oxygens (including phenoxy) is 3. The summed E-state index contributed by atoms with van der Waals surface area (Å²) in [5.41, 5.74) is 0. The van der Waals surface area contributed by atoms with Crippen molar-refractivity contribution in [3.8, 4) is 0 Å². The number of rotatable bonds is 20. The van der Waals surface area contributed by atoms with Gasteiger partial charge in [0.15, 0.2) is 0 Å². The molecule has 0 aromatic carbocycles. The van der Waals surface area contributed by atoms with Gasteiger partial charge in [0.25, 0.3) is 7.59 Å². The molecule has 4 amide bonds. The second-order valence-electron chi connectivity index (χ2n) is 10.3. The van der Waals surface area contributed by atoms with Crippen LogP contribution in [0.15, 0.2) is 12.2 Å². The third kappa shape index (κ3) is 9.39. The van der Waals surface area contributed by atoms with E-state index in [1.54, 1.807) is 12.2 Å². The van der Waals surface area contributed by atoms with Crippen molar-refractivity contribution in [3.05, 3.63) is 12.2 Å². The Hall–Kier alpha value is -2.72. The average Bonchev–Trinajstić information content (AvgIpc) is 3.63. The molecular weight excluding hydrogens is 575 g/mol. The normalized spacial score (nSPS) is 24.6. The second kappa shape index (κ2) is 15.7. The number of hydrogen-bond acceptors (Lipinski definition) is 9. The molecule has 0 radical (unpaired) electrons. The fourth-order valence-electron chi connectivity index (χ4n) is 4.75. The zero-order chi connectivity index (χ0) is 30.9. The van der Waals surface area contributed by atoms with E-state index < -0.39 is 69.1 Å². The molecule has 0 aromatic heterocycles. The Morgan fingerprint density at radius 2 is 1.55 bits per heavy atom. The maximum absolute atomic E-state index is 13.7. The molecular formula is C25H41N6O10P. The molecule has 42 heavy (non-hydrogen) atoms. The van der Waals surface area contributed by atoms with Gasteiger partial charge < -0.3 is 30.0 Å². The van der Waals surface area contributed by atoms with E-state index in [9.17, 15) is 28.5 Å². The van der Waals surface area contributed by atoms with Crippen molar-refractivity contribution < 1.29 is 47.9 Å². The minimum atomic E-state index is -3.66. The summed E-state index contributed by atoms with van der Waals surface area (Å²) < 4.78 is 30.7. The number of amides is 4. The van der Waals surface area contributed by atoms with Gasteiger partial charge in [0, 0.05) is 19.6 Å². The van der Waals surface area contributed by atoms with Crippen molar-refractivity contribution in [1.82, 2.24) is 30.8 Å². The van der Waals surface area contributed by atoms with Crippen LogP contribution in [0, 0.1) is 11.8 Å². The summed E-state index contributed by atoms with van der Waals surface area (Å²) in [5, 5.41) is 21.3. The van der Waals surface area contributed by atoms with E-state index in [0.717, 1.165) is 4.90 Å².